The zero-order valence-corrected chi connectivity index (χ0v) is 12.4. The number of rotatable bonds is 5. The number of carbonyl (C=O) groups is 1. The first kappa shape index (κ1) is 14.0. The van der Waals surface area contributed by atoms with Crippen molar-refractivity contribution in [3.63, 3.8) is 0 Å². The summed E-state index contributed by atoms with van der Waals surface area (Å²) in [5.41, 5.74) is 1.66. The summed E-state index contributed by atoms with van der Waals surface area (Å²) >= 11 is 1.43. The molecule has 0 unspecified atom stereocenters. The second-order valence-electron chi connectivity index (χ2n) is 5.05. The molecule has 1 aromatic heterocycles. The highest BCUT2D eigenvalue weighted by Gasteiger charge is 2.26. The van der Waals surface area contributed by atoms with Crippen LogP contribution in [0.25, 0.3) is 0 Å². The van der Waals surface area contributed by atoms with E-state index in [1.54, 1.807) is 6.07 Å². The molecule has 3 rings (SSSR count). The molecule has 0 atom stereocenters. The van der Waals surface area contributed by atoms with E-state index in [2.05, 4.69) is 10.3 Å². The highest BCUT2D eigenvalue weighted by molar-refractivity contribution is 7.13. The average Bonchev–Trinajstić information content (AvgIpc) is 3.20. The molecule has 1 N–H and O–H groups in total. The summed E-state index contributed by atoms with van der Waals surface area (Å²) in [5.74, 6) is 0.0834. The number of ether oxygens (including phenoxy) is 1. The number of halogens is 1. The Balaban J connectivity index is 1.61. The van der Waals surface area contributed by atoms with Crippen molar-refractivity contribution in [2.75, 3.05) is 12.4 Å². The van der Waals surface area contributed by atoms with Crippen LogP contribution in [-0.4, -0.2) is 18.0 Å². The third-order valence-electron chi connectivity index (χ3n) is 3.34. The molecule has 0 saturated heterocycles. The molecule has 1 aliphatic carbocycles. The van der Waals surface area contributed by atoms with Crippen molar-refractivity contribution in [2.24, 2.45) is 0 Å². The molecular weight excluding hydrogens is 291 g/mol. The van der Waals surface area contributed by atoms with Crippen molar-refractivity contribution >= 4 is 22.4 Å². The van der Waals surface area contributed by atoms with Crippen LogP contribution in [-0.2, 0) is 11.2 Å². The lowest BCUT2D eigenvalue weighted by molar-refractivity contribution is -0.115. The molecule has 1 saturated carbocycles. The van der Waals surface area contributed by atoms with Crippen LogP contribution in [0.4, 0.5) is 9.52 Å². The van der Waals surface area contributed by atoms with Crippen LogP contribution in [0.2, 0.25) is 0 Å². The van der Waals surface area contributed by atoms with Gasteiger partial charge in [-0.3, -0.25) is 4.79 Å². The highest BCUT2D eigenvalue weighted by Crippen LogP contribution is 2.40. The predicted molar refractivity (Wildman–Crippen MR) is 79.4 cm³/mol. The van der Waals surface area contributed by atoms with Crippen molar-refractivity contribution in [1.29, 1.82) is 0 Å². The highest BCUT2D eigenvalue weighted by atomic mass is 32.1. The minimum atomic E-state index is -0.465. The third kappa shape index (κ3) is 3.39. The lowest BCUT2D eigenvalue weighted by Crippen LogP contribution is -2.14. The van der Waals surface area contributed by atoms with Crippen molar-refractivity contribution in [1.82, 2.24) is 4.98 Å². The van der Waals surface area contributed by atoms with Gasteiger partial charge in [-0.2, -0.15) is 0 Å². The van der Waals surface area contributed by atoms with Gasteiger partial charge in [-0.05, 0) is 30.5 Å². The fourth-order valence-electron chi connectivity index (χ4n) is 2.08. The smallest absolute Gasteiger partial charge is 0.230 e. The molecule has 1 heterocycles. The molecule has 1 fully saturated rings. The summed E-state index contributed by atoms with van der Waals surface area (Å²) in [6.07, 6.45) is 2.48. The Morgan fingerprint density at radius 1 is 1.52 bits per heavy atom. The minimum absolute atomic E-state index is 0.110. The lowest BCUT2D eigenvalue weighted by atomic mass is 10.1. The summed E-state index contributed by atoms with van der Waals surface area (Å²) < 4.78 is 18.4. The van der Waals surface area contributed by atoms with E-state index in [9.17, 15) is 9.18 Å². The van der Waals surface area contributed by atoms with Gasteiger partial charge in [-0.15, -0.1) is 11.3 Å². The maximum absolute atomic E-state index is 13.6. The van der Waals surface area contributed by atoms with Crippen LogP contribution in [0.5, 0.6) is 5.75 Å². The third-order valence-corrected chi connectivity index (χ3v) is 4.12. The predicted octanol–water partition coefficient (Wildman–Crippen LogP) is 3.35. The molecule has 1 aromatic carbocycles. The zero-order valence-electron chi connectivity index (χ0n) is 11.6. The molecule has 1 aliphatic rings. The maximum Gasteiger partial charge on any atom is 0.230 e. The van der Waals surface area contributed by atoms with Gasteiger partial charge in [0.2, 0.25) is 5.91 Å². The van der Waals surface area contributed by atoms with E-state index in [1.165, 1.54) is 43.4 Å². The number of hydrogen-bond acceptors (Lipinski definition) is 4. The van der Waals surface area contributed by atoms with E-state index in [0.29, 0.717) is 16.6 Å². The van der Waals surface area contributed by atoms with E-state index in [0.717, 1.165) is 5.69 Å². The minimum Gasteiger partial charge on any atom is -0.494 e. The van der Waals surface area contributed by atoms with Crippen LogP contribution < -0.4 is 10.1 Å². The van der Waals surface area contributed by atoms with Gasteiger partial charge in [-0.25, -0.2) is 9.37 Å². The molecule has 0 aliphatic heterocycles. The second kappa shape index (κ2) is 5.81. The van der Waals surface area contributed by atoms with Gasteiger partial charge in [0.15, 0.2) is 16.7 Å². The number of anilines is 1. The largest absolute Gasteiger partial charge is 0.494 e. The summed E-state index contributed by atoms with van der Waals surface area (Å²) in [6, 6.07) is 4.52. The number of benzene rings is 1. The summed E-state index contributed by atoms with van der Waals surface area (Å²) in [6.45, 7) is 0. The number of nitrogens with one attached hydrogen (secondary N) is 1. The Bertz CT molecular complexity index is 667. The molecule has 110 valence electrons. The molecule has 0 spiro atoms. The summed E-state index contributed by atoms with van der Waals surface area (Å²) in [4.78, 5) is 16.3. The normalized spacial score (nSPS) is 14.0. The van der Waals surface area contributed by atoms with Crippen LogP contribution >= 0.6 is 11.3 Å². The first-order valence-corrected chi connectivity index (χ1v) is 7.61. The number of methoxy groups -OCH3 is 1. The number of aromatic nitrogens is 1. The van der Waals surface area contributed by atoms with Crippen LogP contribution in [0.3, 0.4) is 0 Å². The first-order chi connectivity index (χ1) is 10.2. The fourth-order valence-corrected chi connectivity index (χ4v) is 2.89. The number of carbonyl (C=O) groups excluding carboxylic acids is 1. The molecule has 4 nitrogen and oxygen atoms in total. The topological polar surface area (TPSA) is 51.2 Å². The van der Waals surface area contributed by atoms with Gasteiger partial charge in [0.05, 0.1) is 19.2 Å². The van der Waals surface area contributed by atoms with Crippen molar-refractivity contribution in [3.05, 3.63) is 40.7 Å². The SMILES string of the molecule is COc1ccc(CC(=O)Nc2nc(C3CC3)cs2)cc1F. The van der Waals surface area contributed by atoms with Crippen molar-refractivity contribution in [2.45, 2.75) is 25.2 Å². The van der Waals surface area contributed by atoms with E-state index >= 15 is 0 Å². The zero-order chi connectivity index (χ0) is 14.8. The molecule has 6 heteroatoms. The van der Waals surface area contributed by atoms with Crippen molar-refractivity contribution in [3.8, 4) is 5.75 Å². The van der Waals surface area contributed by atoms with Crippen LogP contribution in [0.1, 0.15) is 30.0 Å². The van der Waals surface area contributed by atoms with E-state index in [4.69, 9.17) is 4.74 Å². The standard InChI is InChI=1S/C15H15FN2O2S/c1-20-13-5-2-9(6-11(13)16)7-14(19)18-15-17-12(8-21-15)10-3-4-10/h2,5-6,8,10H,3-4,7H2,1H3,(H,17,18,19). The van der Waals surface area contributed by atoms with E-state index in [-0.39, 0.29) is 18.1 Å². The summed E-state index contributed by atoms with van der Waals surface area (Å²) in [7, 11) is 1.41. The molecule has 0 bridgehead atoms. The van der Waals surface area contributed by atoms with Gasteiger partial charge in [0.1, 0.15) is 0 Å². The van der Waals surface area contributed by atoms with Crippen LogP contribution in [0, 0.1) is 5.82 Å². The Morgan fingerprint density at radius 2 is 2.33 bits per heavy atom. The number of amides is 1. The Labute approximate surface area is 126 Å². The molecule has 2 aromatic rings. The average molecular weight is 306 g/mol. The second-order valence-corrected chi connectivity index (χ2v) is 5.90. The van der Waals surface area contributed by atoms with E-state index in [1.807, 2.05) is 5.38 Å². The lowest BCUT2D eigenvalue weighted by Gasteiger charge is -2.05. The number of nitrogens with zero attached hydrogens (tertiary/aromatic N) is 1. The quantitative estimate of drug-likeness (QED) is 0.921. The summed E-state index contributed by atoms with van der Waals surface area (Å²) in [5, 5.41) is 5.35. The van der Waals surface area contributed by atoms with Gasteiger partial charge in [0, 0.05) is 11.3 Å². The van der Waals surface area contributed by atoms with Gasteiger partial charge in [-0.1, -0.05) is 6.07 Å². The Hall–Kier alpha value is -1.95. The van der Waals surface area contributed by atoms with Crippen LogP contribution in [0.15, 0.2) is 23.6 Å². The Morgan fingerprint density at radius 3 is 3.00 bits per heavy atom. The molecule has 0 radical (unpaired) electrons. The van der Waals surface area contributed by atoms with Gasteiger partial charge < -0.3 is 10.1 Å². The molecule has 1 amide bonds. The monoisotopic (exact) mass is 306 g/mol. The number of thiazole rings is 1. The van der Waals surface area contributed by atoms with E-state index < -0.39 is 5.82 Å². The number of hydrogen-bond donors (Lipinski definition) is 1. The van der Waals surface area contributed by atoms with Crippen molar-refractivity contribution < 1.29 is 13.9 Å². The maximum atomic E-state index is 13.6. The molecule has 21 heavy (non-hydrogen) atoms. The fraction of sp³-hybridized carbons (Fsp3) is 0.333. The van der Waals surface area contributed by atoms with Gasteiger partial charge in [0.25, 0.3) is 0 Å². The Kier molecular flexibility index (Phi) is 3.88. The van der Waals surface area contributed by atoms with Gasteiger partial charge >= 0.3 is 0 Å². The molecular formula is C15H15FN2O2S. The first-order valence-electron chi connectivity index (χ1n) is 6.73.